The van der Waals surface area contributed by atoms with Crippen molar-refractivity contribution in [3.63, 3.8) is 0 Å². The lowest BCUT2D eigenvalue weighted by molar-refractivity contribution is -0.143. The Labute approximate surface area is 61.0 Å². The lowest BCUT2D eigenvalue weighted by Crippen LogP contribution is -2.43. The van der Waals surface area contributed by atoms with E-state index in [9.17, 15) is 9.36 Å². The first kappa shape index (κ1) is 9.53. The number of nitrogens with zero attached hydrogens (tertiary/aromatic N) is 1. The summed E-state index contributed by atoms with van der Waals surface area (Å²) in [6.45, 7) is 1.39. The van der Waals surface area contributed by atoms with E-state index >= 15 is 0 Å². The topological polar surface area (TPSA) is 57.6 Å². The zero-order chi connectivity index (χ0) is 8.36. The van der Waals surface area contributed by atoms with Crippen molar-refractivity contribution in [2.45, 2.75) is 12.2 Å². The van der Waals surface area contributed by atoms with Gasteiger partial charge in [0.05, 0.1) is 0 Å². The summed E-state index contributed by atoms with van der Waals surface area (Å²) in [7, 11) is 2.74. The summed E-state index contributed by atoms with van der Waals surface area (Å²) < 4.78 is 10.4. The van der Waals surface area contributed by atoms with Crippen LogP contribution >= 0.6 is 8.46 Å². The fourth-order valence-corrected chi connectivity index (χ4v) is 0.553. The summed E-state index contributed by atoms with van der Waals surface area (Å²) in [5.41, 5.74) is 0. The Morgan fingerprint density at radius 3 is 2.00 bits per heavy atom. The Hall–Kier alpha value is -0.470. The zero-order valence-electron chi connectivity index (χ0n) is 6.16. The molecule has 0 amide bonds. The van der Waals surface area contributed by atoms with Crippen molar-refractivity contribution < 1.29 is 14.5 Å². The molecule has 1 N–H and O–H groups in total. The molecular weight excluding hydrogens is 153 g/mol. The number of hydrogen-bond acceptors (Lipinski definition) is 3. The Balaban J connectivity index is 4.54. The van der Waals surface area contributed by atoms with Gasteiger partial charge in [0.15, 0.2) is 13.7 Å². The standard InChI is InChI=1S/C5H10NO3P/c1-5(10-9,4(7)8)6(2)3/h1-3H3,(H,7,8). The second-order valence-corrected chi connectivity index (χ2v) is 3.37. The van der Waals surface area contributed by atoms with Gasteiger partial charge in [-0.3, -0.25) is 9.46 Å². The molecule has 0 aromatic carbocycles. The quantitative estimate of drug-likeness (QED) is 0.620. The van der Waals surface area contributed by atoms with Crippen LogP contribution in [0, 0.1) is 0 Å². The number of rotatable bonds is 3. The highest BCUT2D eigenvalue weighted by atomic mass is 31.1. The fourth-order valence-electron chi connectivity index (χ4n) is 0.312. The van der Waals surface area contributed by atoms with Crippen LogP contribution in [0.1, 0.15) is 6.92 Å². The van der Waals surface area contributed by atoms with E-state index in [0.717, 1.165) is 0 Å². The molecule has 0 spiro atoms. The number of hydrogen-bond donors (Lipinski definition) is 1. The van der Waals surface area contributed by atoms with Gasteiger partial charge >= 0.3 is 5.97 Å². The molecule has 0 aromatic rings. The molecule has 0 rings (SSSR count). The summed E-state index contributed by atoms with van der Waals surface area (Å²) in [5.74, 6) is -1.09. The number of aliphatic carboxylic acids is 1. The smallest absolute Gasteiger partial charge is 0.335 e. The predicted octanol–water partition coefficient (Wildman–Crippen LogP) is 0.640. The number of likely N-dealkylation sites (N-methyl/N-ethyl adjacent to an activating group) is 1. The molecule has 1 atom stereocenters. The summed E-state index contributed by atoms with van der Waals surface area (Å²) in [5, 5.41) is 7.26. The predicted molar refractivity (Wildman–Crippen MR) is 37.3 cm³/mol. The minimum atomic E-state index is -1.29. The van der Waals surface area contributed by atoms with Gasteiger partial charge in [-0.15, -0.1) is 0 Å². The van der Waals surface area contributed by atoms with Gasteiger partial charge in [0, 0.05) is 0 Å². The van der Waals surface area contributed by atoms with Crippen LogP contribution in [0.4, 0.5) is 0 Å². The molecule has 0 aromatic heterocycles. The molecule has 0 saturated heterocycles. The van der Waals surface area contributed by atoms with Crippen molar-refractivity contribution in [1.82, 2.24) is 4.90 Å². The van der Waals surface area contributed by atoms with E-state index in [0.29, 0.717) is 0 Å². The van der Waals surface area contributed by atoms with Crippen LogP contribution in [0.25, 0.3) is 0 Å². The highest BCUT2D eigenvalue weighted by molar-refractivity contribution is 7.27. The van der Waals surface area contributed by atoms with E-state index in [1.807, 2.05) is 0 Å². The third-order valence-electron chi connectivity index (χ3n) is 1.45. The van der Waals surface area contributed by atoms with E-state index in [-0.39, 0.29) is 0 Å². The summed E-state index contributed by atoms with van der Waals surface area (Å²) in [6, 6.07) is 0. The number of carboxylic acid groups (broad SMARTS) is 1. The monoisotopic (exact) mass is 163 g/mol. The van der Waals surface area contributed by atoms with Crippen LogP contribution in [0.5, 0.6) is 0 Å². The molecule has 10 heavy (non-hydrogen) atoms. The van der Waals surface area contributed by atoms with Crippen molar-refractivity contribution in [3.8, 4) is 0 Å². The molecule has 58 valence electrons. The van der Waals surface area contributed by atoms with E-state index in [2.05, 4.69) is 0 Å². The molecule has 1 unspecified atom stereocenters. The highest BCUT2D eigenvalue weighted by Crippen LogP contribution is 2.24. The molecule has 0 bridgehead atoms. The number of carbonyl (C=O) groups is 1. The maximum atomic E-state index is 10.4. The maximum absolute atomic E-state index is 10.4. The first-order valence-electron chi connectivity index (χ1n) is 2.70. The maximum Gasteiger partial charge on any atom is 0.335 e. The largest absolute Gasteiger partial charge is 0.479 e. The summed E-state index contributed by atoms with van der Waals surface area (Å²) in [6.07, 6.45) is 0. The minimum Gasteiger partial charge on any atom is -0.479 e. The Kier molecular flexibility index (Phi) is 2.94. The lowest BCUT2D eigenvalue weighted by atomic mass is 10.3. The average molecular weight is 163 g/mol. The molecule has 0 fully saturated rings. The molecule has 0 aliphatic rings. The van der Waals surface area contributed by atoms with E-state index < -0.39 is 19.7 Å². The van der Waals surface area contributed by atoms with Gasteiger partial charge < -0.3 is 5.11 Å². The normalized spacial score (nSPS) is 17.2. The van der Waals surface area contributed by atoms with Crippen molar-refractivity contribution in [2.24, 2.45) is 0 Å². The minimum absolute atomic E-state index is 0.398. The summed E-state index contributed by atoms with van der Waals surface area (Å²) >= 11 is 0. The van der Waals surface area contributed by atoms with Crippen molar-refractivity contribution in [3.05, 3.63) is 0 Å². The van der Waals surface area contributed by atoms with Crippen LogP contribution in [0.15, 0.2) is 0 Å². The first-order chi connectivity index (χ1) is 4.45. The zero-order valence-corrected chi connectivity index (χ0v) is 7.05. The molecule has 0 saturated carbocycles. The third kappa shape index (κ3) is 1.52. The van der Waals surface area contributed by atoms with Gasteiger partial charge in [-0.25, -0.2) is 4.79 Å². The lowest BCUT2D eigenvalue weighted by Gasteiger charge is -2.24. The first-order valence-corrected chi connectivity index (χ1v) is 3.51. The van der Waals surface area contributed by atoms with Crippen LogP contribution in [0.3, 0.4) is 0 Å². The SMILES string of the molecule is CN(C)C(C)(P=O)C(=O)O. The number of carboxylic acids is 1. The van der Waals surface area contributed by atoms with Crippen LogP contribution in [-0.2, 0) is 9.36 Å². The van der Waals surface area contributed by atoms with Crippen LogP contribution in [0.2, 0.25) is 0 Å². The highest BCUT2D eigenvalue weighted by Gasteiger charge is 2.36. The molecule has 5 heteroatoms. The molecule has 0 radical (unpaired) electrons. The molecular formula is C5H10NO3P. The van der Waals surface area contributed by atoms with Crippen LogP contribution in [-0.4, -0.2) is 35.4 Å². The fraction of sp³-hybridized carbons (Fsp3) is 0.800. The summed E-state index contributed by atoms with van der Waals surface area (Å²) in [4.78, 5) is 11.8. The van der Waals surface area contributed by atoms with Crippen LogP contribution < -0.4 is 0 Å². The Bertz CT molecular complexity index is 159. The Morgan fingerprint density at radius 1 is 1.60 bits per heavy atom. The molecule has 0 aliphatic carbocycles. The average Bonchev–Trinajstić information content (AvgIpc) is 1.85. The van der Waals surface area contributed by atoms with Crippen molar-refractivity contribution in [1.29, 1.82) is 0 Å². The van der Waals surface area contributed by atoms with Crippen molar-refractivity contribution in [2.75, 3.05) is 14.1 Å². The van der Waals surface area contributed by atoms with Gasteiger partial charge in [-0.2, -0.15) is 0 Å². The second-order valence-electron chi connectivity index (χ2n) is 2.31. The molecule has 0 aliphatic heterocycles. The Morgan fingerprint density at radius 2 is 2.00 bits per heavy atom. The van der Waals surface area contributed by atoms with E-state index in [1.165, 1.54) is 11.8 Å². The van der Waals surface area contributed by atoms with Gasteiger partial charge in [-0.1, -0.05) is 0 Å². The molecule has 4 nitrogen and oxygen atoms in total. The van der Waals surface area contributed by atoms with E-state index in [1.54, 1.807) is 14.1 Å². The van der Waals surface area contributed by atoms with Gasteiger partial charge in [0.25, 0.3) is 0 Å². The van der Waals surface area contributed by atoms with Gasteiger partial charge in [0.2, 0.25) is 0 Å². The molecule has 0 heterocycles. The van der Waals surface area contributed by atoms with Gasteiger partial charge in [-0.05, 0) is 21.0 Å². The van der Waals surface area contributed by atoms with Crippen molar-refractivity contribution >= 4 is 14.4 Å². The van der Waals surface area contributed by atoms with E-state index in [4.69, 9.17) is 5.11 Å². The second kappa shape index (κ2) is 3.08. The third-order valence-corrected chi connectivity index (χ3v) is 2.40. The van der Waals surface area contributed by atoms with Gasteiger partial charge in [0.1, 0.15) is 0 Å².